The third-order valence-electron chi connectivity index (χ3n) is 8.87. The molecule has 4 atom stereocenters. The normalized spacial score (nSPS) is 29.1. The Morgan fingerprint density at radius 2 is 1.77 bits per heavy atom. The molecule has 5 rings (SSSR count). The number of carbonyl (C=O) groups excluding carboxylic acids is 4. The maximum absolute atomic E-state index is 14.1. The molecule has 1 aliphatic carbocycles. The molecule has 3 amide bonds. The van der Waals surface area contributed by atoms with Gasteiger partial charge in [0.2, 0.25) is 17.7 Å². The number of amides is 3. The van der Waals surface area contributed by atoms with Gasteiger partial charge in [0, 0.05) is 50.1 Å². The number of esters is 1. The van der Waals surface area contributed by atoms with Crippen molar-refractivity contribution in [2.24, 2.45) is 22.7 Å². The molecule has 1 saturated carbocycles. The van der Waals surface area contributed by atoms with Gasteiger partial charge in [-0.25, -0.2) is 0 Å². The Kier molecular flexibility index (Phi) is 7.58. The lowest BCUT2D eigenvalue weighted by Crippen LogP contribution is -2.61. The lowest BCUT2D eigenvalue weighted by Gasteiger charge is -2.52. The first kappa shape index (κ1) is 28.4. The number of likely N-dealkylation sites (tertiary alicyclic amines) is 1. The second-order valence-corrected chi connectivity index (χ2v) is 12.7. The predicted molar refractivity (Wildman–Crippen MR) is 144 cm³/mol. The molecule has 10 heteroatoms. The third kappa shape index (κ3) is 5.18. The Hall–Kier alpha value is -3.14. The van der Waals surface area contributed by atoms with Crippen molar-refractivity contribution >= 4 is 23.7 Å². The van der Waals surface area contributed by atoms with Gasteiger partial charge in [-0.3, -0.25) is 19.2 Å². The van der Waals surface area contributed by atoms with Crippen molar-refractivity contribution in [1.82, 2.24) is 14.7 Å². The number of hydrogen-bond donors (Lipinski definition) is 0. The van der Waals surface area contributed by atoms with Gasteiger partial charge < -0.3 is 28.6 Å². The number of rotatable bonds is 6. The topological polar surface area (TPSA) is 110 Å². The van der Waals surface area contributed by atoms with Gasteiger partial charge in [0.1, 0.15) is 11.2 Å². The highest BCUT2D eigenvalue weighted by Crippen LogP contribution is 2.52. The quantitative estimate of drug-likeness (QED) is 0.497. The van der Waals surface area contributed by atoms with E-state index in [1.807, 2.05) is 38.7 Å². The molecule has 3 fully saturated rings. The SMILES string of the molecule is COC(=O)[C@]12C[C@H](CC(=O)N3CCN(C(=O)C4CC4)CC3)C(=O)N(Cc3ccco3)C1=C[C@H](C(C)(C)C)O[C@@H]2C. The Balaban J connectivity index is 1.42. The number of hydrogen-bond acceptors (Lipinski definition) is 7. The standard InChI is InChI=1S/C30H41N3O7/c1-19-30(28(37)38-5)17-21(15-25(34)31-10-12-32(13-11-31)26(35)20-8-9-20)27(36)33(18-22-7-6-14-39-22)23(30)16-24(40-19)29(2,3)4/h6-7,14,16,19-21,24H,8-13,15,17-18H2,1-5H3/t19-,21+,24-,30+/m1/s1. The number of fused-ring (bicyclic) bond motifs is 1. The molecule has 3 aliphatic heterocycles. The summed E-state index contributed by atoms with van der Waals surface area (Å²) in [5.41, 5.74) is -0.980. The van der Waals surface area contributed by atoms with E-state index < -0.39 is 23.4 Å². The van der Waals surface area contributed by atoms with Gasteiger partial charge in [0.05, 0.1) is 32.1 Å². The summed E-state index contributed by atoms with van der Waals surface area (Å²) in [6.45, 7) is 10.0. The summed E-state index contributed by atoms with van der Waals surface area (Å²) < 4.78 is 17.3. The lowest BCUT2D eigenvalue weighted by atomic mass is 9.65. The molecular formula is C30H41N3O7. The highest BCUT2D eigenvalue weighted by molar-refractivity contribution is 5.93. The first-order valence-corrected chi connectivity index (χ1v) is 14.3. The molecule has 1 aromatic heterocycles. The average Bonchev–Trinajstić information content (AvgIpc) is 3.65. The van der Waals surface area contributed by atoms with E-state index in [1.165, 1.54) is 7.11 Å². The Morgan fingerprint density at radius 1 is 1.10 bits per heavy atom. The van der Waals surface area contributed by atoms with E-state index in [1.54, 1.807) is 28.2 Å². The average molecular weight is 556 g/mol. The second kappa shape index (κ2) is 10.7. The first-order valence-electron chi connectivity index (χ1n) is 14.3. The van der Waals surface area contributed by atoms with E-state index in [0.717, 1.165) is 12.8 Å². The van der Waals surface area contributed by atoms with Gasteiger partial charge in [0.15, 0.2) is 0 Å². The number of methoxy groups -OCH3 is 1. The minimum Gasteiger partial charge on any atom is -0.468 e. The van der Waals surface area contributed by atoms with Gasteiger partial charge >= 0.3 is 5.97 Å². The Labute approximate surface area is 235 Å². The van der Waals surface area contributed by atoms with Crippen LogP contribution in [0.2, 0.25) is 0 Å². The molecule has 1 aromatic rings. The molecule has 0 unspecified atom stereocenters. The van der Waals surface area contributed by atoms with Crippen molar-refractivity contribution in [3.8, 4) is 0 Å². The van der Waals surface area contributed by atoms with Crippen molar-refractivity contribution < 1.29 is 33.1 Å². The fraction of sp³-hybridized carbons (Fsp3) is 0.667. The predicted octanol–water partition coefficient (Wildman–Crippen LogP) is 2.98. The fourth-order valence-corrected chi connectivity index (χ4v) is 6.27. The molecule has 2 saturated heterocycles. The molecule has 0 radical (unpaired) electrons. The molecule has 40 heavy (non-hydrogen) atoms. The van der Waals surface area contributed by atoms with Crippen molar-refractivity contribution in [2.45, 2.75) is 72.1 Å². The maximum atomic E-state index is 14.1. The van der Waals surface area contributed by atoms with Crippen LogP contribution >= 0.6 is 0 Å². The van der Waals surface area contributed by atoms with Crippen molar-refractivity contribution in [3.63, 3.8) is 0 Å². The van der Waals surface area contributed by atoms with Crippen LogP contribution in [0.5, 0.6) is 0 Å². The van der Waals surface area contributed by atoms with E-state index in [0.29, 0.717) is 37.6 Å². The second-order valence-electron chi connectivity index (χ2n) is 12.7. The number of ether oxygens (including phenoxy) is 2. The monoisotopic (exact) mass is 555 g/mol. The van der Waals surface area contributed by atoms with Crippen LogP contribution in [0.15, 0.2) is 34.6 Å². The Morgan fingerprint density at radius 3 is 2.35 bits per heavy atom. The zero-order valence-corrected chi connectivity index (χ0v) is 24.2. The number of piperazine rings is 1. The molecule has 4 heterocycles. The number of furan rings is 1. The van der Waals surface area contributed by atoms with Crippen molar-refractivity contribution in [3.05, 3.63) is 35.9 Å². The summed E-state index contributed by atoms with van der Waals surface area (Å²) in [4.78, 5) is 58.8. The smallest absolute Gasteiger partial charge is 0.320 e. The summed E-state index contributed by atoms with van der Waals surface area (Å²) in [5.74, 6) is -0.705. The minimum atomic E-state index is -1.25. The summed E-state index contributed by atoms with van der Waals surface area (Å²) in [6, 6.07) is 3.54. The molecule has 10 nitrogen and oxygen atoms in total. The van der Waals surface area contributed by atoms with Gasteiger partial charge in [-0.1, -0.05) is 20.8 Å². The van der Waals surface area contributed by atoms with Gasteiger partial charge in [-0.15, -0.1) is 0 Å². The third-order valence-corrected chi connectivity index (χ3v) is 8.87. The van der Waals surface area contributed by atoms with E-state index in [9.17, 15) is 19.2 Å². The van der Waals surface area contributed by atoms with Gasteiger partial charge in [-0.2, -0.15) is 0 Å². The van der Waals surface area contributed by atoms with Crippen LogP contribution in [-0.4, -0.2) is 83.9 Å². The lowest BCUT2D eigenvalue weighted by molar-refractivity contribution is -0.181. The van der Waals surface area contributed by atoms with Crippen molar-refractivity contribution in [2.75, 3.05) is 33.3 Å². The zero-order chi connectivity index (χ0) is 28.8. The van der Waals surface area contributed by atoms with E-state index in [4.69, 9.17) is 13.9 Å². The fourth-order valence-electron chi connectivity index (χ4n) is 6.27. The number of piperidine rings is 1. The van der Waals surface area contributed by atoms with E-state index in [2.05, 4.69) is 0 Å². The van der Waals surface area contributed by atoms with Crippen LogP contribution in [0.1, 0.15) is 59.1 Å². The molecule has 0 bridgehead atoms. The van der Waals surface area contributed by atoms with Gasteiger partial charge in [-0.05, 0) is 49.8 Å². The zero-order valence-electron chi connectivity index (χ0n) is 24.2. The highest BCUT2D eigenvalue weighted by Gasteiger charge is 2.60. The minimum absolute atomic E-state index is 0.0362. The van der Waals surface area contributed by atoms with Crippen LogP contribution in [0.25, 0.3) is 0 Å². The summed E-state index contributed by atoms with van der Waals surface area (Å²) >= 11 is 0. The maximum Gasteiger partial charge on any atom is 0.320 e. The Bertz CT molecular complexity index is 1170. The largest absolute Gasteiger partial charge is 0.468 e. The molecule has 218 valence electrons. The van der Waals surface area contributed by atoms with E-state index in [-0.39, 0.29) is 54.5 Å². The molecular weight excluding hydrogens is 514 g/mol. The van der Waals surface area contributed by atoms with Crippen molar-refractivity contribution in [1.29, 1.82) is 0 Å². The number of carbonyl (C=O) groups is 4. The van der Waals surface area contributed by atoms with Crippen LogP contribution in [0.3, 0.4) is 0 Å². The number of nitrogens with zero attached hydrogens (tertiary/aromatic N) is 3. The van der Waals surface area contributed by atoms with E-state index >= 15 is 0 Å². The van der Waals surface area contributed by atoms with Crippen LogP contribution < -0.4 is 0 Å². The van der Waals surface area contributed by atoms with Gasteiger partial charge in [0.25, 0.3) is 0 Å². The van der Waals surface area contributed by atoms with Crippen LogP contribution in [0.4, 0.5) is 0 Å². The highest BCUT2D eigenvalue weighted by atomic mass is 16.5. The summed E-state index contributed by atoms with van der Waals surface area (Å²) in [6.07, 6.45) is 4.48. The molecule has 0 N–H and O–H groups in total. The molecule has 4 aliphatic rings. The summed E-state index contributed by atoms with van der Waals surface area (Å²) in [7, 11) is 1.34. The summed E-state index contributed by atoms with van der Waals surface area (Å²) in [5, 5.41) is 0. The first-order chi connectivity index (χ1) is 19.0. The van der Waals surface area contributed by atoms with Crippen LogP contribution in [-0.2, 0) is 35.2 Å². The van der Waals surface area contributed by atoms with Crippen LogP contribution in [0, 0.1) is 22.7 Å². The molecule has 0 spiro atoms. The molecule has 0 aromatic carbocycles.